The van der Waals surface area contributed by atoms with Crippen molar-refractivity contribution in [3.63, 3.8) is 0 Å². The maximum absolute atomic E-state index is 12.3. The van der Waals surface area contributed by atoms with Crippen LogP contribution in [0, 0.1) is 0 Å². The molecule has 0 unspecified atom stereocenters. The number of esters is 2. The second-order valence-corrected chi connectivity index (χ2v) is 6.86. The summed E-state index contributed by atoms with van der Waals surface area (Å²) in [6.45, 7) is 2.77. The lowest BCUT2D eigenvalue weighted by Crippen LogP contribution is -2.35. The Hall–Kier alpha value is -4.24. The summed E-state index contributed by atoms with van der Waals surface area (Å²) in [6, 6.07) is 16.7. The summed E-state index contributed by atoms with van der Waals surface area (Å²) in [6.07, 6.45) is 1.71. The first kappa shape index (κ1) is 23.4. The van der Waals surface area contributed by atoms with Crippen molar-refractivity contribution >= 4 is 18.0 Å². The zero-order valence-corrected chi connectivity index (χ0v) is 17.6. The number of benzene rings is 2. The lowest BCUT2D eigenvalue weighted by atomic mass is 10.2. The summed E-state index contributed by atoms with van der Waals surface area (Å²) in [4.78, 5) is 50.4. The van der Waals surface area contributed by atoms with Crippen molar-refractivity contribution in [3.05, 3.63) is 111 Å². The van der Waals surface area contributed by atoms with Crippen molar-refractivity contribution in [2.24, 2.45) is 0 Å². The van der Waals surface area contributed by atoms with Gasteiger partial charge in [0.25, 0.3) is 5.56 Å². The average molecular weight is 450 g/mol. The summed E-state index contributed by atoms with van der Waals surface area (Å²) in [5.41, 5.74) is -0.376. The van der Waals surface area contributed by atoms with E-state index in [1.54, 1.807) is 60.7 Å². The molecular formula is C24H22N2O7. The van der Waals surface area contributed by atoms with E-state index in [0.29, 0.717) is 11.1 Å². The zero-order chi connectivity index (χ0) is 23.6. The SMILES string of the molecule is C=Cc1cn(COC(COC(=O)c2ccccc2)COC(=O)c2ccccc2)c(=O)[nH]c1=O. The predicted octanol–water partition coefficient (Wildman–Crippen LogP) is 2.24. The van der Waals surface area contributed by atoms with Crippen LogP contribution in [-0.4, -0.2) is 40.8 Å². The molecule has 3 aromatic rings. The average Bonchev–Trinajstić information content (AvgIpc) is 2.85. The van der Waals surface area contributed by atoms with Crippen LogP contribution in [0.3, 0.4) is 0 Å². The summed E-state index contributed by atoms with van der Waals surface area (Å²) in [5, 5.41) is 0. The molecule has 2 aromatic carbocycles. The molecule has 9 nitrogen and oxygen atoms in total. The van der Waals surface area contributed by atoms with Crippen LogP contribution in [0.2, 0.25) is 0 Å². The number of rotatable bonds is 10. The van der Waals surface area contributed by atoms with Gasteiger partial charge in [-0.1, -0.05) is 49.1 Å². The van der Waals surface area contributed by atoms with Crippen molar-refractivity contribution in [1.29, 1.82) is 0 Å². The van der Waals surface area contributed by atoms with Gasteiger partial charge in [0.05, 0.1) is 16.7 Å². The van der Waals surface area contributed by atoms with Gasteiger partial charge in [-0.2, -0.15) is 0 Å². The standard InChI is InChI=1S/C24H22N2O7/c1-2-17-13-26(24(30)25-21(17)27)16-33-20(14-31-22(28)18-9-5-3-6-10-18)15-32-23(29)19-11-7-4-8-12-19/h2-13,20H,1,14-16H2,(H,25,27,30). The van der Waals surface area contributed by atoms with Gasteiger partial charge in [0.1, 0.15) is 26.0 Å². The molecule has 1 heterocycles. The van der Waals surface area contributed by atoms with Gasteiger partial charge in [0, 0.05) is 6.20 Å². The van der Waals surface area contributed by atoms with Gasteiger partial charge >= 0.3 is 17.6 Å². The molecule has 170 valence electrons. The highest BCUT2D eigenvalue weighted by Gasteiger charge is 2.18. The smallest absolute Gasteiger partial charge is 0.338 e. The van der Waals surface area contributed by atoms with Gasteiger partial charge in [-0.3, -0.25) is 14.3 Å². The fraction of sp³-hybridized carbons (Fsp3) is 0.167. The van der Waals surface area contributed by atoms with Crippen LogP contribution in [0.1, 0.15) is 26.3 Å². The van der Waals surface area contributed by atoms with E-state index in [9.17, 15) is 19.2 Å². The number of carbonyl (C=O) groups is 2. The second-order valence-electron chi connectivity index (χ2n) is 6.86. The first-order valence-electron chi connectivity index (χ1n) is 10.00. The quantitative estimate of drug-likeness (QED) is 0.471. The number of carbonyl (C=O) groups excluding carboxylic acids is 2. The van der Waals surface area contributed by atoms with Gasteiger partial charge in [-0.15, -0.1) is 0 Å². The van der Waals surface area contributed by atoms with Crippen molar-refractivity contribution in [3.8, 4) is 0 Å². The second kappa shape index (κ2) is 11.4. The van der Waals surface area contributed by atoms with Gasteiger partial charge < -0.3 is 14.2 Å². The van der Waals surface area contributed by atoms with Gasteiger partial charge in [-0.05, 0) is 24.3 Å². The van der Waals surface area contributed by atoms with E-state index in [1.807, 2.05) is 0 Å². The number of nitrogens with one attached hydrogen (secondary N) is 1. The topological polar surface area (TPSA) is 117 Å². The number of nitrogens with zero attached hydrogens (tertiary/aromatic N) is 1. The third-order valence-corrected chi connectivity index (χ3v) is 4.53. The molecule has 1 N–H and O–H groups in total. The van der Waals surface area contributed by atoms with Crippen molar-refractivity contribution in [1.82, 2.24) is 9.55 Å². The Morgan fingerprint density at radius 1 is 0.909 bits per heavy atom. The molecule has 9 heteroatoms. The van der Waals surface area contributed by atoms with Crippen molar-refractivity contribution < 1.29 is 23.8 Å². The molecule has 1 aromatic heterocycles. The van der Waals surface area contributed by atoms with Crippen LogP contribution < -0.4 is 11.2 Å². The summed E-state index contributed by atoms with van der Waals surface area (Å²) in [5.74, 6) is -1.15. The van der Waals surface area contributed by atoms with Crippen LogP contribution in [-0.2, 0) is 20.9 Å². The Labute approximate surface area is 188 Å². The monoisotopic (exact) mass is 450 g/mol. The van der Waals surface area contributed by atoms with E-state index in [1.165, 1.54) is 12.3 Å². The highest BCUT2D eigenvalue weighted by Crippen LogP contribution is 2.06. The lowest BCUT2D eigenvalue weighted by molar-refractivity contribution is -0.0635. The Balaban J connectivity index is 1.68. The fourth-order valence-corrected chi connectivity index (χ4v) is 2.75. The number of aromatic nitrogens is 2. The minimum atomic E-state index is -0.878. The molecule has 0 spiro atoms. The van der Waals surface area contributed by atoms with Crippen molar-refractivity contribution in [2.75, 3.05) is 13.2 Å². The number of aromatic amines is 1. The van der Waals surface area contributed by atoms with Crippen LogP contribution in [0.25, 0.3) is 6.08 Å². The molecule has 0 saturated carbocycles. The van der Waals surface area contributed by atoms with Gasteiger partial charge in [0.2, 0.25) is 0 Å². The Morgan fingerprint density at radius 2 is 1.42 bits per heavy atom. The lowest BCUT2D eigenvalue weighted by Gasteiger charge is -2.19. The van der Waals surface area contributed by atoms with Crippen LogP contribution in [0.15, 0.2) is 83.0 Å². The molecule has 0 saturated heterocycles. The van der Waals surface area contributed by atoms with E-state index in [-0.39, 0.29) is 25.5 Å². The largest absolute Gasteiger partial charge is 0.459 e. The normalized spacial score (nSPS) is 10.6. The molecule has 0 aliphatic rings. The molecule has 0 aliphatic carbocycles. The molecule has 0 atom stereocenters. The Morgan fingerprint density at radius 3 is 1.91 bits per heavy atom. The highest BCUT2D eigenvalue weighted by atomic mass is 16.6. The highest BCUT2D eigenvalue weighted by molar-refractivity contribution is 5.89. The first-order valence-corrected chi connectivity index (χ1v) is 10.00. The van der Waals surface area contributed by atoms with E-state index in [4.69, 9.17) is 14.2 Å². The number of ether oxygens (including phenoxy) is 3. The maximum atomic E-state index is 12.3. The number of H-pyrrole nitrogens is 1. The molecule has 0 fully saturated rings. The molecular weight excluding hydrogens is 428 g/mol. The predicted molar refractivity (Wildman–Crippen MR) is 120 cm³/mol. The van der Waals surface area contributed by atoms with E-state index in [2.05, 4.69) is 11.6 Å². The van der Waals surface area contributed by atoms with Crippen molar-refractivity contribution in [2.45, 2.75) is 12.8 Å². The van der Waals surface area contributed by atoms with E-state index in [0.717, 1.165) is 4.57 Å². The first-order chi connectivity index (χ1) is 16.0. The minimum Gasteiger partial charge on any atom is -0.459 e. The van der Waals surface area contributed by atoms with E-state index < -0.39 is 29.3 Å². The maximum Gasteiger partial charge on any atom is 0.338 e. The third-order valence-electron chi connectivity index (χ3n) is 4.53. The molecule has 33 heavy (non-hydrogen) atoms. The minimum absolute atomic E-state index is 0.181. The summed E-state index contributed by atoms with van der Waals surface area (Å²) >= 11 is 0. The molecule has 0 bridgehead atoms. The molecule has 0 amide bonds. The van der Waals surface area contributed by atoms with Crippen LogP contribution in [0.5, 0.6) is 0 Å². The van der Waals surface area contributed by atoms with Crippen LogP contribution in [0.4, 0.5) is 0 Å². The van der Waals surface area contributed by atoms with Gasteiger partial charge in [-0.25, -0.2) is 14.4 Å². The Kier molecular flexibility index (Phi) is 8.09. The third kappa shape index (κ3) is 6.62. The Bertz CT molecular complexity index is 1160. The molecule has 3 rings (SSSR count). The zero-order valence-electron chi connectivity index (χ0n) is 17.6. The van der Waals surface area contributed by atoms with Gasteiger partial charge in [0.15, 0.2) is 0 Å². The molecule has 0 radical (unpaired) electrons. The van der Waals surface area contributed by atoms with E-state index >= 15 is 0 Å². The summed E-state index contributed by atoms with van der Waals surface area (Å²) in [7, 11) is 0. The summed E-state index contributed by atoms with van der Waals surface area (Å²) < 4.78 is 17.4. The molecule has 0 aliphatic heterocycles. The fourth-order valence-electron chi connectivity index (χ4n) is 2.75. The van der Waals surface area contributed by atoms with Crippen LogP contribution >= 0.6 is 0 Å². The number of hydrogen-bond acceptors (Lipinski definition) is 7. The number of hydrogen-bond donors (Lipinski definition) is 1.